The predicted octanol–water partition coefficient (Wildman–Crippen LogP) is 4.79. The lowest BCUT2D eigenvalue weighted by atomic mass is 10.1. The first-order valence-corrected chi connectivity index (χ1v) is 11.6. The van der Waals surface area contributed by atoms with E-state index in [1.165, 1.54) is 6.08 Å². The van der Waals surface area contributed by atoms with Crippen LogP contribution in [-0.2, 0) is 9.53 Å². The van der Waals surface area contributed by atoms with Crippen LogP contribution in [0.25, 0.3) is 22.2 Å². The van der Waals surface area contributed by atoms with Crippen LogP contribution >= 0.6 is 0 Å². The van der Waals surface area contributed by atoms with Gasteiger partial charge in [0.2, 0.25) is 11.9 Å². The van der Waals surface area contributed by atoms with Crippen molar-refractivity contribution >= 4 is 39.8 Å². The van der Waals surface area contributed by atoms with E-state index in [0.29, 0.717) is 30.5 Å². The second kappa shape index (κ2) is 10.3. The van der Waals surface area contributed by atoms with Gasteiger partial charge in [0.25, 0.3) is 0 Å². The molecule has 35 heavy (non-hydrogen) atoms. The van der Waals surface area contributed by atoms with Crippen LogP contribution in [-0.4, -0.2) is 47.2 Å². The molecule has 1 aliphatic rings. The Labute approximate surface area is 203 Å². The molecule has 4 aromatic rings. The van der Waals surface area contributed by atoms with Gasteiger partial charge in [0.1, 0.15) is 0 Å². The maximum atomic E-state index is 12.0. The lowest BCUT2D eigenvalue weighted by molar-refractivity contribution is -0.111. The van der Waals surface area contributed by atoms with E-state index in [9.17, 15) is 4.79 Å². The minimum atomic E-state index is -0.185. The molecule has 1 aliphatic heterocycles. The van der Waals surface area contributed by atoms with Crippen LogP contribution in [0.2, 0.25) is 0 Å². The van der Waals surface area contributed by atoms with Gasteiger partial charge in [0.15, 0.2) is 0 Å². The Balaban J connectivity index is 1.48. The van der Waals surface area contributed by atoms with E-state index in [1.54, 1.807) is 25.3 Å². The molecule has 3 heterocycles. The third-order valence-electron chi connectivity index (χ3n) is 5.73. The molecule has 0 spiro atoms. The number of nitrogens with zero attached hydrogens (tertiary/aromatic N) is 4. The molecule has 8 nitrogen and oxygen atoms in total. The number of pyridine rings is 1. The van der Waals surface area contributed by atoms with Crippen molar-refractivity contribution in [2.45, 2.75) is 6.92 Å². The van der Waals surface area contributed by atoms with Crippen molar-refractivity contribution < 1.29 is 9.53 Å². The van der Waals surface area contributed by atoms with Gasteiger partial charge in [-0.1, -0.05) is 36.4 Å². The maximum absolute atomic E-state index is 12.0. The number of carbonyl (C=O) groups is 1. The smallest absolute Gasteiger partial charge is 0.248 e. The van der Waals surface area contributed by atoms with E-state index in [-0.39, 0.29) is 5.91 Å². The zero-order valence-electron chi connectivity index (χ0n) is 19.4. The van der Waals surface area contributed by atoms with E-state index >= 15 is 0 Å². The number of rotatable bonds is 6. The predicted molar refractivity (Wildman–Crippen MR) is 139 cm³/mol. The summed E-state index contributed by atoms with van der Waals surface area (Å²) >= 11 is 0. The van der Waals surface area contributed by atoms with E-state index in [4.69, 9.17) is 9.72 Å². The lowest BCUT2D eigenvalue weighted by Gasteiger charge is -2.30. The van der Waals surface area contributed by atoms with Crippen molar-refractivity contribution in [2.75, 3.05) is 41.8 Å². The van der Waals surface area contributed by atoms with Gasteiger partial charge in [-0.3, -0.25) is 9.78 Å². The summed E-state index contributed by atoms with van der Waals surface area (Å²) in [4.78, 5) is 28.2. The number of benzene rings is 2. The Bertz CT molecular complexity index is 1380. The quantitative estimate of drug-likeness (QED) is 0.395. The van der Waals surface area contributed by atoms with Gasteiger partial charge < -0.3 is 20.3 Å². The van der Waals surface area contributed by atoms with Gasteiger partial charge in [0.05, 0.1) is 35.8 Å². The first kappa shape index (κ1) is 22.5. The lowest BCUT2D eigenvalue weighted by Crippen LogP contribution is -2.36. The molecule has 1 fully saturated rings. The SMILES string of the molecule is C/C=C/C(=O)Nc1ccnc(-c2cccc3cnc(Nc4ccccc4N4CCOCC4)nc23)c1. The molecule has 2 aromatic carbocycles. The van der Waals surface area contributed by atoms with Gasteiger partial charge in [0, 0.05) is 42.1 Å². The number of hydrogen-bond acceptors (Lipinski definition) is 7. The zero-order valence-corrected chi connectivity index (χ0v) is 19.4. The highest BCUT2D eigenvalue weighted by atomic mass is 16.5. The highest BCUT2D eigenvalue weighted by Gasteiger charge is 2.16. The van der Waals surface area contributed by atoms with Crippen LogP contribution in [0.15, 0.2) is 79.1 Å². The standard InChI is InChI=1S/C27H26N6O2/c1-2-6-25(34)30-20-11-12-28-23(17-20)21-8-5-7-19-18-29-27(32-26(19)21)31-22-9-3-4-10-24(22)33-13-15-35-16-14-33/h2-12,17-18H,13-16H2,1H3,(H,28,30,34)(H,29,31,32)/b6-2+. The average molecular weight is 467 g/mol. The van der Waals surface area contributed by atoms with Crippen molar-refractivity contribution in [1.29, 1.82) is 0 Å². The van der Waals surface area contributed by atoms with Crippen LogP contribution in [0.1, 0.15) is 6.92 Å². The molecule has 1 amide bonds. The molecule has 176 valence electrons. The molecule has 0 aliphatic carbocycles. The Morgan fingerprint density at radius 1 is 1.06 bits per heavy atom. The van der Waals surface area contributed by atoms with Crippen molar-refractivity contribution in [3.05, 3.63) is 79.1 Å². The third kappa shape index (κ3) is 5.12. The number of fused-ring (bicyclic) bond motifs is 1. The summed E-state index contributed by atoms with van der Waals surface area (Å²) in [5, 5.41) is 7.16. The van der Waals surface area contributed by atoms with Crippen molar-refractivity contribution in [3.63, 3.8) is 0 Å². The first-order chi connectivity index (χ1) is 17.2. The summed E-state index contributed by atoms with van der Waals surface area (Å²) in [5.41, 5.74) is 5.06. The van der Waals surface area contributed by atoms with E-state index in [2.05, 4.69) is 31.6 Å². The number of ether oxygens (including phenoxy) is 1. The van der Waals surface area contributed by atoms with Crippen LogP contribution in [0.5, 0.6) is 0 Å². The van der Waals surface area contributed by atoms with Crippen molar-refractivity contribution in [1.82, 2.24) is 15.0 Å². The third-order valence-corrected chi connectivity index (χ3v) is 5.73. The minimum absolute atomic E-state index is 0.185. The summed E-state index contributed by atoms with van der Waals surface area (Å²) in [5.74, 6) is 0.318. The number of morpholine rings is 1. The summed E-state index contributed by atoms with van der Waals surface area (Å²) < 4.78 is 5.51. The summed E-state index contributed by atoms with van der Waals surface area (Å²) in [7, 11) is 0. The Morgan fingerprint density at radius 3 is 2.77 bits per heavy atom. The van der Waals surface area contributed by atoms with E-state index < -0.39 is 0 Å². The second-order valence-corrected chi connectivity index (χ2v) is 8.10. The normalized spacial score (nSPS) is 13.8. The van der Waals surface area contributed by atoms with Crippen LogP contribution in [0, 0.1) is 0 Å². The highest BCUT2D eigenvalue weighted by molar-refractivity contribution is 6.00. The number of para-hydroxylation sites is 3. The first-order valence-electron chi connectivity index (χ1n) is 11.6. The minimum Gasteiger partial charge on any atom is -0.378 e. The van der Waals surface area contributed by atoms with Crippen molar-refractivity contribution in [3.8, 4) is 11.3 Å². The maximum Gasteiger partial charge on any atom is 0.248 e. The molecule has 0 radical (unpaired) electrons. The number of anilines is 4. The fourth-order valence-corrected chi connectivity index (χ4v) is 4.09. The van der Waals surface area contributed by atoms with Crippen LogP contribution in [0.3, 0.4) is 0 Å². The van der Waals surface area contributed by atoms with Gasteiger partial charge in [-0.15, -0.1) is 0 Å². The average Bonchev–Trinajstić information content (AvgIpc) is 2.89. The van der Waals surface area contributed by atoms with E-state index in [0.717, 1.165) is 40.9 Å². The Morgan fingerprint density at radius 2 is 1.91 bits per heavy atom. The summed E-state index contributed by atoms with van der Waals surface area (Å²) in [6.07, 6.45) is 6.67. The molecular weight excluding hydrogens is 440 g/mol. The number of allylic oxidation sites excluding steroid dienone is 1. The topological polar surface area (TPSA) is 92.3 Å². The fraction of sp³-hybridized carbons (Fsp3) is 0.185. The number of amides is 1. The Hall–Kier alpha value is -4.30. The number of hydrogen-bond donors (Lipinski definition) is 2. The number of aromatic nitrogens is 3. The fourth-order valence-electron chi connectivity index (χ4n) is 4.09. The molecule has 2 aromatic heterocycles. The molecule has 0 bridgehead atoms. The van der Waals surface area contributed by atoms with Crippen LogP contribution < -0.4 is 15.5 Å². The number of nitrogens with one attached hydrogen (secondary N) is 2. The van der Waals surface area contributed by atoms with Gasteiger partial charge in [-0.25, -0.2) is 9.97 Å². The second-order valence-electron chi connectivity index (χ2n) is 8.10. The molecule has 0 atom stereocenters. The largest absolute Gasteiger partial charge is 0.378 e. The zero-order chi connectivity index (χ0) is 24.0. The van der Waals surface area contributed by atoms with E-state index in [1.807, 2.05) is 48.7 Å². The molecule has 5 rings (SSSR count). The summed E-state index contributed by atoms with van der Waals surface area (Å²) in [6.45, 7) is 4.91. The van der Waals surface area contributed by atoms with Gasteiger partial charge in [-0.2, -0.15) is 0 Å². The molecule has 2 N–H and O–H groups in total. The summed E-state index contributed by atoms with van der Waals surface area (Å²) in [6, 6.07) is 17.7. The molecule has 0 saturated carbocycles. The monoisotopic (exact) mass is 466 g/mol. The van der Waals surface area contributed by atoms with Crippen molar-refractivity contribution in [2.24, 2.45) is 0 Å². The molecule has 1 saturated heterocycles. The number of carbonyl (C=O) groups excluding carboxylic acids is 1. The van der Waals surface area contributed by atoms with Gasteiger partial charge in [-0.05, 0) is 37.3 Å². The Kier molecular flexibility index (Phi) is 6.63. The molecule has 8 heteroatoms. The molecular formula is C27H26N6O2. The highest BCUT2D eigenvalue weighted by Crippen LogP contribution is 2.31. The molecule has 0 unspecified atom stereocenters. The van der Waals surface area contributed by atoms with Crippen LogP contribution in [0.4, 0.5) is 23.0 Å². The van der Waals surface area contributed by atoms with Gasteiger partial charge >= 0.3 is 0 Å².